The Balaban J connectivity index is 2.26. The van der Waals surface area contributed by atoms with E-state index in [1.54, 1.807) is 25.3 Å². The number of hydrogen-bond acceptors (Lipinski definition) is 5. The van der Waals surface area contributed by atoms with Crippen LogP contribution in [0.25, 0.3) is 0 Å². The van der Waals surface area contributed by atoms with Crippen molar-refractivity contribution in [1.29, 1.82) is 0 Å². The summed E-state index contributed by atoms with van der Waals surface area (Å²) < 4.78 is 43.7. The van der Waals surface area contributed by atoms with Crippen LogP contribution in [0, 0.1) is 13.8 Å². The van der Waals surface area contributed by atoms with Crippen molar-refractivity contribution in [2.45, 2.75) is 26.1 Å². The molecule has 0 aromatic carbocycles. The maximum Gasteiger partial charge on any atom is 0.432 e. The fourth-order valence-electron chi connectivity index (χ4n) is 1.49. The lowest BCUT2D eigenvalue weighted by Gasteiger charge is -2.18. The summed E-state index contributed by atoms with van der Waals surface area (Å²) in [5, 5.41) is 2.85. The zero-order chi connectivity index (χ0) is 14.9. The summed E-state index contributed by atoms with van der Waals surface area (Å²) in [4.78, 5) is 15.8. The van der Waals surface area contributed by atoms with Crippen LogP contribution in [-0.2, 0) is 4.74 Å². The van der Waals surface area contributed by atoms with Gasteiger partial charge in [0.2, 0.25) is 6.10 Å². The van der Waals surface area contributed by atoms with Gasteiger partial charge >= 0.3 is 12.1 Å². The normalized spacial score (nSPS) is 13.2. The summed E-state index contributed by atoms with van der Waals surface area (Å²) >= 11 is 1.87. The van der Waals surface area contributed by atoms with Crippen LogP contribution in [0.1, 0.15) is 32.0 Å². The minimum absolute atomic E-state index is 0.174. The lowest BCUT2D eigenvalue weighted by atomic mass is 10.3. The predicted octanol–water partition coefficient (Wildman–Crippen LogP) is 4.28. The van der Waals surface area contributed by atoms with Crippen molar-refractivity contribution in [3.05, 3.63) is 38.0 Å². The standard InChI is InChI=1S/C12H10F3NO2S2/c1-6-3-4-19-8(6)11(17)18-9(12(13,14)15)10-16-7(2)5-20-10/h3-5,9H,1-2H3. The molecule has 3 nitrogen and oxygen atoms in total. The number of ether oxygens (including phenoxy) is 1. The second-order valence-electron chi connectivity index (χ2n) is 4.09. The van der Waals surface area contributed by atoms with Gasteiger partial charge in [-0.2, -0.15) is 13.2 Å². The van der Waals surface area contributed by atoms with E-state index in [4.69, 9.17) is 0 Å². The third-order valence-electron chi connectivity index (χ3n) is 2.43. The number of esters is 1. The van der Waals surface area contributed by atoms with Crippen LogP contribution in [0.15, 0.2) is 16.8 Å². The van der Waals surface area contributed by atoms with Crippen molar-refractivity contribution < 1.29 is 22.7 Å². The Labute approximate surface area is 121 Å². The molecule has 20 heavy (non-hydrogen) atoms. The highest BCUT2D eigenvalue weighted by atomic mass is 32.1. The minimum Gasteiger partial charge on any atom is -0.441 e. The van der Waals surface area contributed by atoms with Gasteiger partial charge in [0.1, 0.15) is 9.88 Å². The highest BCUT2D eigenvalue weighted by Crippen LogP contribution is 2.38. The maximum absolute atomic E-state index is 13.0. The molecule has 0 saturated heterocycles. The SMILES string of the molecule is Cc1csc(C(OC(=O)c2sccc2C)C(F)(F)F)n1. The Morgan fingerprint density at radius 3 is 2.50 bits per heavy atom. The molecular weight excluding hydrogens is 311 g/mol. The Morgan fingerprint density at radius 2 is 2.05 bits per heavy atom. The van der Waals surface area contributed by atoms with Gasteiger partial charge < -0.3 is 4.74 Å². The molecule has 2 aromatic heterocycles. The molecule has 0 saturated carbocycles. The molecule has 0 fully saturated rings. The van der Waals surface area contributed by atoms with E-state index in [1.807, 2.05) is 0 Å². The monoisotopic (exact) mass is 321 g/mol. The van der Waals surface area contributed by atoms with Gasteiger partial charge in [0.15, 0.2) is 0 Å². The summed E-state index contributed by atoms with van der Waals surface area (Å²) in [5.41, 5.74) is 1.05. The highest BCUT2D eigenvalue weighted by molar-refractivity contribution is 7.12. The van der Waals surface area contributed by atoms with Crippen LogP contribution in [0.4, 0.5) is 13.2 Å². The van der Waals surface area contributed by atoms with Crippen LogP contribution in [-0.4, -0.2) is 17.1 Å². The third-order valence-corrected chi connectivity index (χ3v) is 4.43. The average molecular weight is 321 g/mol. The van der Waals surface area contributed by atoms with E-state index in [9.17, 15) is 18.0 Å². The van der Waals surface area contributed by atoms with Gasteiger partial charge in [-0.25, -0.2) is 9.78 Å². The third kappa shape index (κ3) is 3.18. The van der Waals surface area contributed by atoms with Gasteiger partial charge in [-0.05, 0) is 30.9 Å². The van der Waals surface area contributed by atoms with Gasteiger partial charge in [0, 0.05) is 11.1 Å². The first-order valence-electron chi connectivity index (χ1n) is 5.53. The number of alkyl halides is 3. The van der Waals surface area contributed by atoms with Crippen molar-refractivity contribution in [3.8, 4) is 0 Å². The number of carbonyl (C=O) groups is 1. The van der Waals surface area contributed by atoms with Crippen molar-refractivity contribution in [1.82, 2.24) is 4.98 Å². The fourth-order valence-corrected chi connectivity index (χ4v) is 3.14. The quantitative estimate of drug-likeness (QED) is 0.792. The van der Waals surface area contributed by atoms with Crippen molar-refractivity contribution in [2.75, 3.05) is 0 Å². The molecule has 2 aromatic rings. The molecule has 8 heteroatoms. The summed E-state index contributed by atoms with van der Waals surface area (Å²) in [7, 11) is 0. The number of aromatic nitrogens is 1. The van der Waals surface area contributed by atoms with E-state index in [0.29, 0.717) is 11.3 Å². The smallest absolute Gasteiger partial charge is 0.432 e. The Morgan fingerprint density at radius 1 is 1.35 bits per heavy atom. The topological polar surface area (TPSA) is 39.2 Å². The zero-order valence-electron chi connectivity index (χ0n) is 10.5. The summed E-state index contributed by atoms with van der Waals surface area (Å²) in [6.45, 7) is 3.22. The van der Waals surface area contributed by atoms with E-state index >= 15 is 0 Å². The molecule has 2 rings (SSSR count). The number of carbonyl (C=O) groups excluding carboxylic acids is 1. The van der Waals surface area contributed by atoms with Crippen molar-refractivity contribution in [3.63, 3.8) is 0 Å². The molecule has 0 radical (unpaired) electrons. The Bertz CT molecular complexity index is 618. The molecule has 0 spiro atoms. The Hall–Kier alpha value is -1.41. The largest absolute Gasteiger partial charge is 0.441 e. The van der Waals surface area contributed by atoms with Crippen LogP contribution in [0.2, 0.25) is 0 Å². The van der Waals surface area contributed by atoms with E-state index < -0.39 is 18.2 Å². The molecule has 1 unspecified atom stereocenters. The lowest BCUT2D eigenvalue weighted by molar-refractivity contribution is -0.207. The fraction of sp³-hybridized carbons (Fsp3) is 0.333. The van der Waals surface area contributed by atoms with Crippen molar-refractivity contribution >= 4 is 28.6 Å². The highest BCUT2D eigenvalue weighted by Gasteiger charge is 2.46. The molecule has 0 N–H and O–H groups in total. The molecule has 0 bridgehead atoms. The first kappa shape index (κ1) is 15.0. The van der Waals surface area contributed by atoms with Crippen LogP contribution >= 0.6 is 22.7 Å². The second kappa shape index (κ2) is 5.53. The lowest BCUT2D eigenvalue weighted by Crippen LogP contribution is -2.26. The number of hydrogen-bond donors (Lipinski definition) is 0. The summed E-state index contributed by atoms with van der Waals surface area (Å²) in [5.74, 6) is -0.979. The van der Waals surface area contributed by atoms with E-state index in [0.717, 1.165) is 22.7 Å². The second-order valence-corrected chi connectivity index (χ2v) is 5.89. The van der Waals surface area contributed by atoms with Gasteiger partial charge in [-0.3, -0.25) is 0 Å². The molecule has 1 atom stereocenters. The molecule has 0 aliphatic rings. The van der Waals surface area contributed by atoms with Gasteiger partial charge in [-0.1, -0.05) is 0 Å². The first-order chi connectivity index (χ1) is 9.29. The van der Waals surface area contributed by atoms with E-state index in [-0.39, 0.29) is 9.88 Å². The predicted molar refractivity (Wildman–Crippen MR) is 70.1 cm³/mol. The van der Waals surface area contributed by atoms with Crippen LogP contribution in [0.5, 0.6) is 0 Å². The molecule has 0 amide bonds. The van der Waals surface area contributed by atoms with Crippen molar-refractivity contribution in [2.24, 2.45) is 0 Å². The number of rotatable bonds is 3. The minimum atomic E-state index is -4.69. The zero-order valence-corrected chi connectivity index (χ0v) is 12.2. The number of thiazole rings is 1. The Kier molecular flexibility index (Phi) is 4.14. The molecule has 2 heterocycles. The number of thiophene rings is 1. The number of halogens is 3. The molecular formula is C12H10F3NO2S2. The number of nitrogens with zero attached hydrogens (tertiary/aromatic N) is 1. The maximum atomic E-state index is 13.0. The average Bonchev–Trinajstić information content (AvgIpc) is 2.93. The van der Waals surface area contributed by atoms with Crippen LogP contribution < -0.4 is 0 Å². The summed E-state index contributed by atoms with van der Waals surface area (Å²) in [6, 6.07) is 1.65. The van der Waals surface area contributed by atoms with Gasteiger partial charge in [-0.15, -0.1) is 22.7 Å². The molecule has 0 aliphatic heterocycles. The number of aryl methyl sites for hydroxylation is 2. The van der Waals surface area contributed by atoms with Crippen LogP contribution in [0.3, 0.4) is 0 Å². The summed E-state index contributed by atoms with van der Waals surface area (Å²) in [6.07, 6.45) is -7.01. The first-order valence-corrected chi connectivity index (χ1v) is 7.29. The van der Waals surface area contributed by atoms with Gasteiger partial charge in [0.25, 0.3) is 0 Å². The molecule has 0 aliphatic carbocycles. The van der Waals surface area contributed by atoms with E-state index in [1.165, 1.54) is 5.38 Å². The van der Waals surface area contributed by atoms with E-state index in [2.05, 4.69) is 9.72 Å². The van der Waals surface area contributed by atoms with Gasteiger partial charge in [0.05, 0.1) is 0 Å². The molecule has 108 valence electrons.